The average molecular weight is 421 g/mol. The fourth-order valence-corrected chi connectivity index (χ4v) is 3.86. The number of aromatic amines is 1. The third-order valence-electron chi connectivity index (χ3n) is 5.36. The number of amides is 2. The number of cyclic esters (lactones) is 1. The summed E-state index contributed by atoms with van der Waals surface area (Å²) in [5, 5.41) is 3.28. The Balaban J connectivity index is 1.24. The lowest BCUT2D eigenvalue weighted by Crippen LogP contribution is -2.38. The van der Waals surface area contributed by atoms with Gasteiger partial charge < -0.3 is 24.5 Å². The van der Waals surface area contributed by atoms with Gasteiger partial charge in [-0.25, -0.2) is 4.79 Å². The highest BCUT2D eigenvalue weighted by atomic mass is 16.7. The summed E-state index contributed by atoms with van der Waals surface area (Å²) in [6, 6.07) is 12.5. The Labute approximate surface area is 176 Å². The molecule has 9 heteroatoms. The van der Waals surface area contributed by atoms with E-state index in [-0.39, 0.29) is 19.9 Å². The lowest BCUT2D eigenvalue weighted by molar-refractivity contribution is -0.117. The number of ether oxygens (including phenoxy) is 3. The summed E-state index contributed by atoms with van der Waals surface area (Å²) >= 11 is 0. The molecule has 0 saturated carbocycles. The SMILES string of the molecule is Cc1[nH]c2ccccc2c1C(=O)C(=O)NCC1CN(c2ccc3c(c2)OCO3)C(=O)O1. The van der Waals surface area contributed by atoms with Crippen LogP contribution < -0.4 is 19.7 Å². The van der Waals surface area contributed by atoms with Gasteiger partial charge in [0.1, 0.15) is 6.10 Å². The molecular weight excluding hydrogens is 402 g/mol. The number of para-hydroxylation sites is 1. The molecule has 3 heterocycles. The van der Waals surface area contributed by atoms with Crippen molar-refractivity contribution in [3.63, 3.8) is 0 Å². The van der Waals surface area contributed by atoms with Crippen molar-refractivity contribution in [3.8, 4) is 11.5 Å². The number of fused-ring (bicyclic) bond motifs is 2. The summed E-state index contributed by atoms with van der Waals surface area (Å²) in [7, 11) is 0. The van der Waals surface area contributed by atoms with E-state index in [2.05, 4.69) is 10.3 Å². The Hall–Kier alpha value is -4.01. The maximum Gasteiger partial charge on any atom is 0.414 e. The van der Waals surface area contributed by atoms with Crippen molar-refractivity contribution in [1.82, 2.24) is 10.3 Å². The number of hydrogen-bond acceptors (Lipinski definition) is 6. The summed E-state index contributed by atoms with van der Waals surface area (Å²) in [5.74, 6) is -0.203. The number of benzene rings is 2. The van der Waals surface area contributed by atoms with Crippen molar-refractivity contribution in [3.05, 3.63) is 53.7 Å². The second-order valence-electron chi connectivity index (χ2n) is 7.36. The monoisotopic (exact) mass is 421 g/mol. The van der Waals surface area contributed by atoms with Crippen LogP contribution in [0.15, 0.2) is 42.5 Å². The molecule has 5 rings (SSSR count). The molecule has 2 N–H and O–H groups in total. The van der Waals surface area contributed by atoms with Crippen LogP contribution in [0.5, 0.6) is 11.5 Å². The molecule has 1 aromatic heterocycles. The number of H-pyrrole nitrogens is 1. The highest BCUT2D eigenvalue weighted by Gasteiger charge is 2.34. The van der Waals surface area contributed by atoms with Crippen molar-refractivity contribution in [1.29, 1.82) is 0 Å². The number of anilines is 1. The largest absolute Gasteiger partial charge is 0.454 e. The summed E-state index contributed by atoms with van der Waals surface area (Å²) in [5.41, 5.74) is 2.37. The zero-order chi connectivity index (χ0) is 21.5. The first-order chi connectivity index (χ1) is 15.0. The van der Waals surface area contributed by atoms with E-state index in [1.54, 1.807) is 31.2 Å². The van der Waals surface area contributed by atoms with Gasteiger partial charge in [-0.2, -0.15) is 0 Å². The van der Waals surface area contributed by atoms with Crippen molar-refractivity contribution in [2.75, 3.05) is 24.8 Å². The Kier molecular flexibility index (Phi) is 4.50. The summed E-state index contributed by atoms with van der Waals surface area (Å²) in [6.07, 6.45) is -1.12. The van der Waals surface area contributed by atoms with Gasteiger partial charge in [0.2, 0.25) is 6.79 Å². The zero-order valence-electron chi connectivity index (χ0n) is 16.6. The van der Waals surface area contributed by atoms with E-state index < -0.39 is 23.9 Å². The summed E-state index contributed by atoms with van der Waals surface area (Å²) < 4.78 is 16.0. The van der Waals surface area contributed by atoms with Gasteiger partial charge in [-0.1, -0.05) is 18.2 Å². The van der Waals surface area contributed by atoms with Crippen LogP contribution in [-0.2, 0) is 9.53 Å². The molecule has 2 aliphatic heterocycles. The van der Waals surface area contributed by atoms with Crippen molar-refractivity contribution in [2.45, 2.75) is 13.0 Å². The lowest BCUT2D eigenvalue weighted by Gasteiger charge is -2.13. The highest BCUT2D eigenvalue weighted by Crippen LogP contribution is 2.36. The molecule has 1 fully saturated rings. The smallest absolute Gasteiger partial charge is 0.414 e. The number of nitrogens with zero attached hydrogens (tertiary/aromatic N) is 1. The quantitative estimate of drug-likeness (QED) is 0.484. The Morgan fingerprint density at radius 1 is 1.16 bits per heavy atom. The van der Waals surface area contributed by atoms with E-state index >= 15 is 0 Å². The molecular formula is C22H19N3O6. The van der Waals surface area contributed by atoms with E-state index in [0.717, 1.165) is 5.52 Å². The molecule has 1 saturated heterocycles. The summed E-state index contributed by atoms with van der Waals surface area (Å²) in [4.78, 5) is 42.1. The number of carbonyl (C=O) groups is 3. The standard InChI is InChI=1S/C22H19N3O6/c1-12-19(15-4-2-3-5-16(15)24-12)20(26)21(27)23-9-14-10-25(22(28)31-14)13-6-7-17-18(8-13)30-11-29-17/h2-8,14,24H,9-11H2,1H3,(H,23,27). The van der Waals surface area contributed by atoms with Crippen LogP contribution in [0.3, 0.4) is 0 Å². The first-order valence-corrected chi connectivity index (χ1v) is 9.79. The van der Waals surface area contributed by atoms with Crippen LogP contribution in [-0.4, -0.2) is 48.8 Å². The van der Waals surface area contributed by atoms with Crippen LogP contribution in [0.2, 0.25) is 0 Å². The number of aromatic nitrogens is 1. The molecule has 2 aliphatic rings. The van der Waals surface area contributed by atoms with Crippen LogP contribution in [0.1, 0.15) is 16.1 Å². The molecule has 2 aromatic carbocycles. The van der Waals surface area contributed by atoms with Gasteiger partial charge in [0.15, 0.2) is 11.5 Å². The Morgan fingerprint density at radius 3 is 2.84 bits per heavy atom. The Morgan fingerprint density at radius 2 is 1.97 bits per heavy atom. The number of rotatable bonds is 5. The first-order valence-electron chi connectivity index (χ1n) is 9.79. The predicted molar refractivity (Wildman–Crippen MR) is 111 cm³/mol. The van der Waals surface area contributed by atoms with Gasteiger partial charge in [0.25, 0.3) is 11.7 Å². The van der Waals surface area contributed by atoms with E-state index in [0.29, 0.717) is 33.8 Å². The van der Waals surface area contributed by atoms with Gasteiger partial charge in [-0.3, -0.25) is 14.5 Å². The second kappa shape index (κ2) is 7.35. The fourth-order valence-electron chi connectivity index (χ4n) is 3.86. The molecule has 1 unspecified atom stereocenters. The minimum atomic E-state index is -0.745. The normalized spacial score (nSPS) is 17.1. The van der Waals surface area contributed by atoms with Crippen molar-refractivity contribution >= 4 is 34.4 Å². The minimum Gasteiger partial charge on any atom is -0.454 e. The van der Waals surface area contributed by atoms with Crippen molar-refractivity contribution in [2.24, 2.45) is 0 Å². The number of hydrogen-bond donors (Lipinski definition) is 2. The number of Topliss-reactive ketones (excluding diaryl/α,β-unsaturated/α-hetero) is 1. The Bertz CT molecular complexity index is 1220. The van der Waals surface area contributed by atoms with Crippen molar-refractivity contribution < 1.29 is 28.6 Å². The molecule has 0 aliphatic carbocycles. The maximum absolute atomic E-state index is 12.7. The minimum absolute atomic E-state index is 0.0266. The van der Waals surface area contributed by atoms with E-state index in [1.165, 1.54) is 4.90 Å². The summed E-state index contributed by atoms with van der Waals surface area (Å²) in [6.45, 7) is 2.15. The highest BCUT2D eigenvalue weighted by molar-refractivity contribution is 6.45. The molecule has 0 radical (unpaired) electrons. The number of nitrogens with one attached hydrogen (secondary N) is 2. The first kappa shape index (κ1) is 19.0. The molecule has 0 bridgehead atoms. The number of ketones is 1. The van der Waals surface area contributed by atoms with Gasteiger partial charge in [0.05, 0.1) is 24.3 Å². The predicted octanol–water partition coefficient (Wildman–Crippen LogP) is 2.53. The molecule has 9 nitrogen and oxygen atoms in total. The van der Waals surface area contributed by atoms with Gasteiger partial charge in [-0.05, 0) is 25.1 Å². The van der Waals surface area contributed by atoms with E-state index in [9.17, 15) is 14.4 Å². The topological polar surface area (TPSA) is 110 Å². The number of carbonyl (C=O) groups excluding carboxylic acids is 3. The molecule has 0 spiro atoms. The molecule has 158 valence electrons. The molecule has 2 amide bonds. The third kappa shape index (κ3) is 3.33. The van der Waals surface area contributed by atoms with Gasteiger partial charge in [0, 0.05) is 22.7 Å². The van der Waals surface area contributed by atoms with Gasteiger partial charge in [-0.15, -0.1) is 0 Å². The molecule has 3 aromatic rings. The number of aryl methyl sites for hydroxylation is 1. The molecule has 31 heavy (non-hydrogen) atoms. The van der Waals surface area contributed by atoms with Crippen LogP contribution >= 0.6 is 0 Å². The second-order valence-corrected chi connectivity index (χ2v) is 7.36. The lowest BCUT2D eigenvalue weighted by atomic mass is 10.1. The molecule has 1 atom stereocenters. The zero-order valence-corrected chi connectivity index (χ0v) is 16.6. The van der Waals surface area contributed by atoms with Crippen LogP contribution in [0.25, 0.3) is 10.9 Å². The third-order valence-corrected chi connectivity index (χ3v) is 5.36. The van der Waals surface area contributed by atoms with Crippen LogP contribution in [0, 0.1) is 6.92 Å². The van der Waals surface area contributed by atoms with Gasteiger partial charge >= 0.3 is 6.09 Å². The average Bonchev–Trinajstić information content (AvgIpc) is 3.46. The van der Waals surface area contributed by atoms with E-state index in [1.807, 2.05) is 18.2 Å². The van der Waals surface area contributed by atoms with Crippen LogP contribution in [0.4, 0.5) is 10.5 Å². The van der Waals surface area contributed by atoms with E-state index in [4.69, 9.17) is 14.2 Å². The maximum atomic E-state index is 12.7. The fraction of sp³-hybridized carbons (Fsp3) is 0.227.